The zero-order valence-electron chi connectivity index (χ0n) is 9.43. The SMILES string of the molecule is CCC(C#N)(CC)NS(=O)(=O)NCC(F)(F)F. The largest absolute Gasteiger partial charge is 0.402 e. The van der Waals surface area contributed by atoms with Gasteiger partial charge in [0.05, 0.1) is 6.07 Å². The fraction of sp³-hybridized carbons (Fsp3) is 0.875. The zero-order valence-corrected chi connectivity index (χ0v) is 10.2. The average molecular weight is 273 g/mol. The molecule has 0 aliphatic heterocycles. The number of rotatable bonds is 6. The first-order valence-corrected chi connectivity index (χ1v) is 6.34. The Kier molecular flexibility index (Phi) is 5.38. The second kappa shape index (κ2) is 5.66. The highest BCUT2D eigenvalue weighted by Gasteiger charge is 2.34. The highest BCUT2D eigenvalue weighted by Crippen LogP contribution is 2.16. The predicted octanol–water partition coefficient (Wildman–Crippen LogP) is 1.06. The number of alkyl halides is 3. The number of hydrogen-bond donors (Lipinski definition) is 2. The van der Waals surface area contributed by atoms with Crippen LogP contribution in [0.4, 0.5) is 13.2 Å². The summed E-state index contributed by atoms with van der Waals surface area (Å²) < 4.78 is 61.4. The van der Waals surface area contributed by atoms with Gasteiger partial charge < -0.3 is 0 Å². The van der Waals surface area contributed by atoms with Gasteiger partial charge in [-0.3, -0.25) is 0 Å². The van der Waals surface area contributed by atoms with Gasteiger partial charge in [-0.15, -0.1) is 0 Å². The van der Waals surface area contributed by atoms with Crippen molar-refractivity contribution in [3.05, 3.63) is 0 Å². The van der Waals surface area contributed by atoms with Crippen molar-refractivity contribution in [2.24, 2.45) is 0 Å². The molecule has 17 heavy (non-hydrogen) atoms. The lowest BCUT2D eigenvalue weighted by Crippen LogP contribution is -2.52. The van der Waals surface area contributed by atoms with E-state index >= 15 is 0 Å². The summed E-state index contributed by atoms with van der Waals surface area (Å²) in [5.41, 5.74) is -1.38. The maximum atomic E-state index is 11.8. The second-order valence-corrected chi connectivity index (χ2v) is 4.94. The van der Waals surface area contributed by atoms with Crippen LogP contribution >= 0.6 is 0 Å². The topological polar surface area (TPSA) is 82.0 Å². The van der Waals surface area contributed by atoms with Crippen molar-refractivity contribution in [2.45, 2.75) is 38.4 Å². The van der Waals surface area contributed by atoms with Crippen LogP contribution < -0.4 is 9.44 Å². The number of nitrogens with one attached hydrogen (secondary N) is 2. The molecule has 0 unspecified atom stereocenters. The summed E-state index contributed by atoms with van der Waals surface area (Å²) >= 11 is 0. The maximum absolute atomic E-state index is 11.8. The molecule has 0 aromatic heterocycles. The van der Waals surface area contributed by atoms with Crippen LogP contribution in [0.5, 0.6) is 0 Å². The molecule has 0 saturated heterocycles. The number of nitriles is 1. The van der Waals surface area contributed by atoms with Crippen molar-refractivity contribution in [3.8, 4) is 6.07 Å². The van der Waals surface area contributed by atoms with Crippen molar-refractivity contribution in [2.75, 3.05) is 6.54 Å². The average Bonchev–Trinajstić information content (AvgIpc) is 2.23. The highest BCUT2D eigenvalue weighted by atomic mass is 32.2. The van der Waals surface area contributed by atoms with Gasteiger partial charge >= 0.3 is 6.18 Å². The molecule has 0 aliphatic carbocycles. The van der Waals surface area contributed by atoms with Crippen LogP contribution in [0.25, 0.3) is 0 Å². The van der Waals surface area contributed by atoms with Crippen LogP contribution in [0.3, 0.4) is 0 Å². The molecule has 2 N–H and O–H groups in total. The van der Waals surface area contributed by atoms with Gasteiger partial charge in [0.2, 0.25) is 0 Å². The van der Waals surface area contributed by atoms with Gasteiger partial charge in [0.15, 0.2) is 0 Å². The molecule has 0 saturated carbocycles. The van der Waals surface area contributed by atoms with Gasteiger partial charge in [-0.2, -0.15) is 36.3 Å². The number of hydrogen-bond acceptors (Lipinski definition) is 3. The lowest BCUT2D eigenvalue weighted by molar-refractivity contribution is -0.121. The number of nitrogens with zero attached hydrogens (tertiary/aromatic N) is 1. The molecule has 0 aliphatic rings. The minimum Gasteiger partial charge on any atom is -0.196 e. The van der Waals surface area contributed by atoms with E-state index in [4.69, 9.17) is 5.26 Å². The molecule has 0 amide bonds. The Morgan fingerprint density at radius 1 is 1.24 bits per heavy atom. The zero-order chi connectivity index (χ0) is 13.7. The summed E-state index contributed by atoms with van der Waals surface area (Å²) in [5, 5.41) is 8.84. The molecular formula is C8H14F3N3O2S. The summed E-state index contributed by atoms with van der Waals surface area (Å²) in [7, 11) is -4.35. The first-order chi connectivity index (χ1) is 7.60. The molecule has 100 valence electrons. The molecule has 0 heterocycles. The Hall–Kier alpha value is -0.850. The third-order valence-electron chi connectivity index (χ3n) is 2.21. The fourth-order valence-electron chi connectivity index (χ4n) is 1.05. The molecule has 0 rings (SSSR count). The van der Waals surface area contributed by atoms with Crippen LogP contribution in [0.15, 0.2) is 0 Å². The van der Waals surface area contributed by atoms with Crippen molar-refractivity contribution >= 4 is 10.2 Å². The van der Waals surface area contributed by atoms with E-state index in [1.165, 1.54) is 4.72 Å². The molecule has 0 aromatic rings. The molecule has 0 spiro atoms. The van der Waals surface area contributed by atoms with Crippen molar-refractivity contribution < 1.29 is 21.6 Å². The normalized spacial score (nSPS) is 13.4. The third-order valence-corrected chi connectivity index (χ3v) is 3.40. The Bertz CT molecular complexity index is 382. The minimum absolute atomic E-state index is 0.160. The Morgan fingerprint density at radius 3 is 2.00 bits per heavy atom. The van der Waals surface area contributed by atoms with E-state index in [2.05, 4.69) is 0 Å². The first kappa shape index (κ1) is 16.1. The van der Waals surface area contributed by atoms with Crippen LogP contribution in [0.1, 0.15) is 26.7 Å². The molecule has 9 heteroatoms. The highest BCUT2D eigenvalue weighted by molar-refractivity contribution is 7.87. The summed E-state index contributed by atoms with van der Waals surface area (Å²) in [6, 6.07) is 1.76. The van der Waals surface area contributed by atoms with E-state index in [1.807, 2.05) is 4.72 Å². The van der Waals surface area contributed by atoms with Crippen LogP contribution in [0.2, 0.25) is 0 Å². The van der Waals surface area contributed by atoms with Gasteiger partial charge in [-0.25, -0.2) is 0 Å². The van der Waals surface area contributed by atoms with Crippen LogP contribution in [-0.4, -0.2) is 26.7 Å². The summed E-state index contributed by atoms with van der Waals surface area (Å²) in [5.74, 6) is 0. The molecule has 5 nitrogen and oxygen atoms in total. The number of halogens is 3. The first-order valence-electron chi connectivity index (χ1n) is 4.86. The lowest BCUT2D eigenvalue weighted by atomic mass is 9.97. The molecule has 0 radical (unpaired) electrons. The molecule has 0 bridgehead atoms. The second-order valence-electron chi connectivity index (χ2n) is 3.44. The van der Waals surface area contributed by atoms with E-state index in [-0.39, 0.29) is 12.8 Å². The van der Waals surface area contributed by atoms with E-state index < -0.39 is 28.5 Å². The van der Waals surface area contributed by atoms with Crippen LogP contribution in [0, 0.1) is 11.3 Å². The summed E-state index contributed by atoms with van der Waals surface area (Å²) in [4.78, 5) is 0. The van der Waals surface area contributed by atoms with E-state index in [0.29, 0.717) is 0 Å². The Balaban J connectivity index is 4.71. The molecule has 0 fully saturated rings. The summed E-state index contributed by atoms with van der Waals surface area (Å²) in [6.45, 7) is 1.47. The lowest BCUT2D eigenvalue weighted by Gasteiger charge is -2.24. The Labute approximate surface area is 98.2 Å². The molecular weight excluding hydrogens is 259 g/mol. The van der Waals surface area contributed by atoms with E-state index in [9.17, 15) is 21.6 Å². The standard InChI is InChI=1S/C8H14F3N3O2S/c1-3-7(4-2,5-12)14-17(15,16)13-6-8(9,10)11/h13-14H,3-4,6H2,1-2H3. The summed E-state index contributed by atoms with van der Waals surface area (Å²) in [6.07, 6.45) is -4.32. The molecule has 0 aromatic carbocycles. The minimum atomic E-state index is -4.64. The van der Waals surface area contributed by atoms with Gasteiger partial charge in [0.1, 0.15) is 12.1 Å². The van der Waals surface area contributed by atoms with Gasteiger partial charge in [-0.1, -0.05) is 13.8 Å². The molecule has 0 atom stereocenters. The van der Waals surface area contributed by atoms with Gasteiger partial charge in [0, 0.05) is 0 Å². The van der Waals surface area contributed by atoms with Gasteiger partial charge in [0.25, 0.3) is 10.2 Å². The third kappa shape index (κ3) is 5.86. The Morgan fingerprint density at radius 2 is 1.71 bits per heavy atom. The van der Waals surface area contributed by atoms with Gasteiger partial charge in [-0.05, 0) is 12.8 Å². The van der Waals surface area contributed by atoms with E-state index in [1.54, 1.807) is 19.9 Å². The van der Waals surface area contributed by atoms with E-state index in [0.717, 1.165) is 0 Å². The smallest absolute Gasteiger partial charge is 0.196 e. The van der Waals surface area contributed by atoms with Crippen molar-refractivity contribution in [3.63, 3.8) is 0 Å². The monoisotopic (exact) mass is 273 g/mol. The maximum Gasteiger partial charge on any atom is 0.402 e. The quantitative estimate of drug-likeness (QED) is 0.759. The fourth-order valence-corrected chi connectivity index (χ4v) is 2.32. The van der Waals surface area contributed by atoms with Crippen molar-refractivity contribution in [1.82, 2.24) is 9.44 Å². The van der Waals surface area contributed by atoms with Crippen LogP contribution in [-0.2, 0) is 10.2 Å². The van der Waals surface area contributed by atoms with Crippen molar-refractivity contribution in [1.29, 1.82) is 5.26 Å². The predicted molar refractivity (Wildman–Crippen MR) is 55.0 cm³/mol.